The number of aromatic nitrogens is 1. The van der Waals surface area contributed by atoms with Crippen molar-refractivity contribution in [2.45, 2.75) is 20.0 Å². The minimum atomic E-state index is -0.278. The third-order valence-electron chi connectivity index (χ3n) is 3.44. The molecule has 0 atom stereocenters. The predicted molar refractivity (Wildman–Crippen MR) is 97.9 cm³/mol. The van der Waals surface area contributed by atoms with E-state index in [2.05, 4.69) is 4.99 Å². The summed E-state index contributed by atoms with van der Waals surface area (Å²) in [7, 11) is 1.89. The largest absolute Gasteiger partial charge is 0.491 e. The summed E-state index contributed by atoms with van der Waals surface area (Å²) in [5.74, 6) is 0.461. The van der Waals surface area contributed by atoms with Crippen molar-refractivity contribution in [2.75, 3.05) is 0 Å². The number of benzene rings is 2. The molecule has 0 unspecified atom stereocenters. The van der Waals surface area contributed by atoms with Crippen molar-refractivity contribution in [1.82, 2.24) is 4.57 Å². The van der Waals surface area contributed by atoms with Crippen molar-refractivity contribution in [3.05, 3.63) is 57.9 Å². The van der Waals surface area contributed by atoms with Gasteiger partial charge in [0, 0.05) is 17.6 Å². The summed E-state index contributed by atoms with van der Waals surface area (Å²) in [5.41, 5.74) is 1.53. The molecule has 0 bridgehead atoms. The van der Waals surface area contributed by atoms with E-state index in [0.29, 0.717) is 15.4 Å². The number of aryl methyl sites for hydroxylation is 1. The molecule has 0 aliphatic carbocycles. The molecular formula is C18H17ClN2O2S. The minimum absolute atomic E-state index is 0.0978. The Morgan fingerprint density at radius 1 is 1.21 bits per heavy atom. The number of fused-ring (bicyclic) bond motifs is 1. The second-order valence-electron chi connectivity index (χ2n) is 5.66. The van der Waals surface area contributed by atoms with Crippen LogP contribution in [0.2, 0.25) is 5.02 Å². The van der Waals surface area contributed by atoms with Crippen molar-refractivity contribution in [1.29, 1.82) is 0 Å². The van der Waals surface area contributed by atoms with Crippen LogP contribution in [0.25, 0.3) is 10.2 Å². The molecule has 0 N–H and O–H groups in total. The normalized spacial score (nSPS) is 12.1. The Kier molecular flexibility index (Phi) is 4.73. The fraction of sp³-hybridized carbons (Fsp3) is 0.222. The lowest BCUT2D eigenvalue weighted by Gasteiger charge is -2.09. The van der Waals surface area contributed by atoms with Gasteiger partial charge in [-0.1, -0.05) is 22.9 Å². The van der Waals surface area contributed by atoms with Gasteiger partial charge in [-0.2, -0.15) is 4.99 Å². The van der Waals surface area contributed by atoms with Gasteiger partial charge in [0.15, 0.2) is 4.80 Å². The van der Waals surface area contributed by atoms with Crippen molar-refractivity contribution >= 4 is 39.1 Å². The quantitative estimate of drug-likeness (QED) is 0.693. The van der Waals surface area contributed by atoms with E-state index in [1.165, 1.54) is 11.3 Å². The van der Waals surface area contributed by atoms with Crippen LogP contribution < -0.4 is 9.54 Å². The number of halogens is 1. The third kappa shape index (κ3) is 3.52. The summed E-state index contributed by atoms with van der Waals surface area (Å²) in [6, 6.07) is 12.7. The van der Waals surface area contributed by atoms with Crippen molar-refractivity contribution in [2.24, 2.45) is 12.0 Å². The van der Waals surface area contributed by atoms with E-state index in [1.807, 2.05) is 43.7 Å². The standard InChI is InChI=1S/C18H17ClN2O2S/c1-11(2)23-14-7-4-12(5-8-14)17(22)20-18-21(3)15-9-6-13(19)10-16(15)24-18/h4-11H,1-3H3. The molecule has 0 spiro atoms. The Balaban J connectivity index is 1.93. The molecule has 0 aliphatic heterocycles. The number of hydrogen-bond donors (Lipinski definition) is 0. The van der Waals surface area contributed by atoms with Crippen LogP contribution >= 0.6 is 22.9 Å². The lowest BCUT2D eigenvalue weighted by molar-refractivity contribution is 0.0998. The van der Waals surface area contributed by atoms with E-state index >= 15 is 0 Å². The average molecular weight is 361 g/mol. The van der Waals surface area contributed by atoms with Gasteiger partial charge in [0.05, 0.1) is 16.3 Å². The zero-order chi connectivity index (χ0) is 17.3. The number of amides is 1. The molecule has 0 saturated carbocycles. The molecule has 24 heavy (non-hydrogen) atoms. The highest BCUT2D eigenvalue weighted by molar-refractivity contribution is 7.16. The van der Waals surface area contributed by atoms with Crippen LogP contribution in [-0.2, 0) is 7.05 Å². The number of thiazole rings is 1. The summed E-state index contributed by atoms with van der Waals surface area (Å²) in [5, 5.41) is 0.669. The fourth-order valence-electron chi connectivity index (χ4n) is 2.31. The van der Waals surface area contributed by atoms with Crippen molar-refractivity contribution in [3.63, 3.8) is 0 Å². The van der Waals surface area contributed by atoms with E-state index < -0.39 is 0 Å². The van der Waals surface area contributed by atoms with Crippen LogP contribution in [0.3, 0.4) is 0 Å². The van der Waals surface area contributed by atoms with Gasteiger partial charge in [-0.3, -0.25) is 4.79 Å². The van der Waals surface area contributed by atoms with Gasteiger partial charge < -0.3 is 9.30 Å². The molecule has 2 aromatic carbocycles. The van der Waals surface area contributed by atoms with Gasteiger partial charge in [-0.25, -0.2) is 0 Å². The fourth-order valence-corrected chi connectivity index (χ4v) is 3.61. The van der Waals surface area contributed by atoms with Crippen LogP contribution in [0.5, 0.6) is 5.75 Å². The monoisotopic (exact) mass is 360 g/mol. The lowest BCUT2D eigenvalue weighted by Crippen LogP contribution is -2.13. The zero-order valence-electron chi connectivity index (χ0n) is 13.6. The van der Waals surface area contributed by atoms with E-state index in [1.54, 1.807) is 24.3 Å². The summed E-state index contributed by atoms with van der Waals surface area (Å²) in [4.78, 5) is 17.3. The molecule has 0 radical (unpaired) electrons. The van der Waals surface area contributed by atoms with Gasteiger partial charge in [-0.05, 0) is 56.3 Å². The Bertz CT molecular complexity index is 955. The first-order valence-corrected chi connectivity index (χ1v) is 8.74. The molecule has 1 heterocycles. The van der Waals surface area contributed by atoms with Crippen molar-refractivity contribution in [3.8, 4) is 5.75 Å². The molecule has 6 heteroatoms. The second kappa shape index (κ2) is 6.79. The number of carbonyl (C=O) groups is 1. The number of nitrogens with zero attached hydrogens (tertiary/aromatic N) is 2. The summed E-state index contributed by atoms with van der Waals surface area (Å²) < 4.78 is 8.47. The van der Waals surface area contributed by atoms with Crippen LogP contribution in [0.15, 0.2) is 47.5 Å². The van der Waals surface area contributed by atoms with Gasteiger partial charge in [0.1, 0.15) is 5.75 Å². The molecular weight excluding hydrogens is 344 g/mol. The SMILES string of the molecule is CC(C)Oc1ccc(C(=O)N=c2sc3cc(Cl)ccc3n2C)cc1. The number of ether oxygens (including phenoxy) is 1. The Morgan fingerprint density at radius 3 is 2.58 bits per heavy atom. The van der Waals surface area contributed by atoms with Gasteiger partial charge in [0.2, 0.25) is 0 Å². The molecule has 1 aromatic heterocycles. The molecule has 0 saturated heterocycles. The second-order valence-corrected chi connectivity index (χ2v) is 7.11. The minimum Gasteiger partial charge on any atom is -0.491 e. The third-order valence-corrected chi connectivity index (χ3v) is 4.77. The molecule has 0 fully saturated rings. The maximum atomic E-state index is 12.4. The van der Waals surface area contributed by atoms with Gasteiger partial charge in [-0.15, -0.1) is 0 Å². The lowest BCUT2D eigenvalue weighted by atomic mass is 10.2. The Labute approximate surface area is 149 Å². The molecule has 3 rings (SSSR count). The summed E-state index contributed by atoms with van der Waals surface area (Å²) in [6.45, 7) is 3.92. The predicted octanol–water partition coefficient (Wildman–Crippen LogP) is 4.42. The van der Waals surface area contributed by atoms with E-state index in [-0.39, 0.29) is 12.0 Å². The highest BCUT2D eigenvalue weighted by Gasteiger charge is 2.08. The number of rotatable bonds is 3. The highest BCUT2D eigenvalue weighted by atomic mass is 35.5. The topological polar surface area (TPSA) is 43.6 Å². The maximum absolute atomic E-state index is 12.4. The van der Waals surface area contributed by atoms with E-state index in [4.69, 9.17) is 16.3 Å². The van der Waals surface area contributed by atoms with Crippen LogP contribution in [0.1, 0.15) is 24.2 Å². The van der Waals surface area contributed by atoms with Crippen molar-refractivity contribution < 1.29 is 9.53 Å². The molecule has 3 aromatic rings. The van der Waals surface area contributed by atoms with E-state index in [0.717, 1.165) is 16.0 Å². The first-order valence-electron chi connectivity index (χ1n) is 7.55. The maximum Gasteiger partial charge on any atom is 0.279 e. The Morgan fingerprint density at radius 2 is 1.92 bits per heavy atom. The molecule has 1 amide bonds. The Hall–Kier alpha value is -2.11. The van der Waals surface area contributed by atoms with E-state index in [9.17, 15) is 4.79 Å². The number of carbonyl (C=O) groups excluding carboxylic acids is 1. The first-order chi connectivity index (χ1) is 11.4. The highest BCUT2D eigenvalue weighted by Crippen LogP contribution is 2.21. The van der Waals surface area contributed by atoms with Crippen LogP contribution in [-0.4, -0.2) is 16.6 Å². The number of hydrogen-bond acceptors (Lipinski definition) is 3. The molecule has 0 aliphatic rings. The summed E-state index contributed by atoms with van der Waals surface area (Å²) >= 11 is 7.46. The van der Waals surface area contributed by atoms with Gasteiger partial charge in [0.25, 0.3) is 5.91 Å². The zero-order valence-corrected chi connectivity index (χ0v) is 15.2. The smallest absolute Gasteiger partial charge is 0.279 e. The van der Waals surface area contributed by atoms with Gasteiger partial charge >= 0.3 is 0 Å². The van der Waals surface area contributed by atoms with Crippen LogP contribution in [0, 0.1) is 0 Å². The first kappa shape index (κ1) is 16.7. The molecule has 4 nitrogen and oxygen atoms in total. The average Bonchev–Trinajstić information content (AvgIpc) is 2.82. The van der Waals surface area contributed by atoms with Crippen LogP contribution in [0.4, 0.5) is 0 Å². The molecule has 124 valence electrons. The summed E-state index contributed by atoms with van der Waals surface area (Å²) in [6.07, 6.45) is 0.0978.